The zero-order valence-electron chi connectivity index (χ0n) is 16.2. The molecule has 0 saturated heterocycles. The molecule has 29 heavy (non-hydrogen) atoms. The number of aliphatic hydroxyl groups is 1. The van der Waals surface area contributed by atoms with Crippen molar-refractivity contribution in [2.75, 3.05) is 11.0 Å². The number of benzene rings is 2. The summed E-state index contributed by atoms with van der Waals surface area (Å²) < 4.78 is 41.5. The number of sulfonamides is 1. The maximum atomic E-state index is 14.3. The van der Waals surface area contributed by atoms with Crippen molar-refractivity contribution in [2.45, 2.75) is 31.9 Å². The molecule has 0 radical (unpaired) electrons. The fraction of sp³-hybridized carbons (Fsp3) is 0.300. The van der Waals surface area contributed by atoms with Crippen LogP contribution in [0.25, 0.3) is 10.9 Å². The minimum Gasteiger partial charge on any atom is -0.391 e. The Morgan fingerprint density at radius 2 is 2.00 bits per heavy atom. The Balaban J connectivity index is 2.30. The van der Waals surface area contributed by atoms with Gasteiger partial charge < -0.3 is 5.11 Å². The molecule has 152 valence electrons. The minimum absolute atomic E-state index is 0.0733. The molecule has 7 nitrogen and oxygen atoms in total. The molecule has 3 rings (SSSR count). The van der Waals surface area contributed by atoms with E-state index in [0.717, 1.165) is 12.3 Å². The third-order valence-corrected chi connectivity index (χ3v) is 5.66. The fourth-order valence-corrected chi connectivity index (χ4v) is 4.29. The lowest BCUT2D eigenvalue weighted by molar-refractivity contribution is 0.0669. The van der Waals surface area contributed by atoms with Gasteiger partial charge in [-0.15, -0.1) is 0 Å². The summed E-state index contributed by atoms with van der Waals surface area (Å²) in [7, 11) is -3.63. The number of nitrogens with zero attached hydrogens (tertiary/aromatic N) is 3. The maximum absolute atomic E-state index is 14.3. The zero-order chi connectivity index (χ0) is 21.4. The molecule has 2 atom stereocenters. The number of hydrogen-bond acceptors (Lipinski definition) is 5. The fourth-order valence-electron chi connectivity index (χ4n) is 3.72. The Morgan fingerprint density at radius 1 is 1.34 bits per heavy atom. The molecule has 1 aromatic heterocycles. The summed E-state index contributed by atoms with van der Waals surface area (Å²) in [6.07, 6.45) is 1.92. The van der Waals surface area contributed by atoms with Crippen LogP contribution in [0.15, 0.2) is 42.6 Å². The van der Waals surface area contributed by atoms with Crippen LogP contribution in [0.4, 0.5) is 10.1 Å². The van der Waals surface area contributed by atoms with Crippen LogP contribution < -0.4 is 4.72 Å². The van der Waals surface area contributed by atoms with Gasteiger partial charge >= 0.3 is 0 Å². The third kappa shape index (κ3) is 3.69. The lowest BCUT2D eigenvalue weighted by Gasteiger charge is -2.37. The van der Waals surface area contributed by atoms with E-state index in [0.29, 0.717) is 28.5 Å². The highest BCUT2D eigenvalue weighted by Gasteiger charge is 2.40. The normalized spacial score (nSPS) is 14.9. The van der Waals surface area contributed by atoms with E-state index in [4.69, 9.17) is 5.26 Å². The number of hydrogen-bond donors (Lipinski definition) is 2. The number of anilines is 1. The first kappa shape index (κ1) is 20.8. The van der Waals surface area contributed by atoms with Gasteiger partial charge in [-0.2, -0.15) is 10.4 Å². The van der Waals surface area contributed by atoms with Gasteiger partial charge in [0.05, 0.1) is 41.4 Å². The van der Waals surface area contributed by atoms with Gasteiger partial charge in [0.15, 0.2) is 0 Å². The van der Waals surface area contributed by atoms with Gasteiger partial charge in [-0.25, -0.2) is 12.8 Å². The SMILES string of the molecule is CCC(c1ccc(C#N)cc1)(C(C)O)n1ncc2c(NS(C)(=O)=O)cc(F)cc21. The molecule has 0 aliphatic rings. The first-order valence-corrected chi connectivity index (χ1v) is 10.9. The molecule has 2 N–H and O–H groups in total. The number of nitrogens with one attached hydrogen (secondary N) is 1. The zero-order valence-corrected chi connectivity index (χ0v) is 17.0. The molecule has 0 bridgehead atoms. The van der Waals surface area contributed by atoms with Gasteiger partial charge in [0.25, 0.3) is 0 Å². The van der Waals surface area contributed by atoms with Crippen molar-refractivity contribution in [3.8, 4) is 6.07 Å². The van der Waals surface area contributed by atoms with Crippen molar-refractivity contribution in [1.29, 1.82) is 5.26 Å². The van der Waals surface area contributed by atoms with Crippen LogP contribution in [-0.4, -0.2) is 35.7 Å². The second-order valence-corrected chi connectivity index (χ2v) is 8.71. The Morgan fingerprint density at radius 3 is 2.52 bits per heavy atom. The van der Waals surface area contributed by atoms with E-state index in [1.807, 2.05) is 6.92 Å². The van der Waals surface area contributed by atoms with Crippen molar-refractivity contribution in [3.05, 3.63) is 59.5 Å². The van der Waals surface area contributed by atoms with E-state index in [9.17, 15) is 17.9 Å². The summed E-state index contributed by atoms with van der Waals surface area (Å²) >= 11 is 0. The van der Waals surface area contributed by atoms with Crippen molar-refractivity contribution in [2.24, 2.45) is 0 Å². The molecule has 0 amide bonds. The minimum atomic E-state index is -3.63. The highest BCUT2D eigenvalue weighted by Crippen LogP contribution is 2.38. The predicted octanol–water partition coefficient (Wildman–Crippen LogP) is 2.95. The summed E-state index contributed by atoms with van der Waals surface area (Å²) in [6, 6.07) is 11.2. The average molecular weight is 416 g/mol. The standard InChI is InChI=1S/C20H21FN4O3S/c1-4-20(13(2)26,15-7-5-14(11-22)6-8-15)25-19-10-16(21)9-18(17(19)12-23-25)24-29(3,27)28/h5-10,12-13,24,26H,4H2,1-3H3. The summed E-state index contributed by atoms with van der Waals surface area (Å²) in [5, 5.41) is 24.6. The number of fused-ring (bicyclic) bond motifs is 1. The van der Waals surface area contributed by atoms with E-state index in [-0.39, 0.29) is 5.69 Å². The van der Waals surface area contributed by atoms with E-state index >= 15 is 0 Å². The Bertz CT molecular complexity index is 1200. The predicted molar refractivity (Wildman–Crippen MR) is 108 cm³/mol. The highest BCUT2D eigenvalue weighted by molar-refractivity contribution is 7.92. The van der Waals surface area contributed by atoms with Crippen molar-refractivity contribution < 1.29 is 17.9 Å². The summed E-state index contributed by atoms with van der Waals surface area (Å²) in [5.41, 5.74) is 0.528. The van der Waals surface area contributed by atoms with E-state index in [2.05, 4.69) is 15.9 Å². The third-order valence-electron chi connectivity index (χ3n) is 5.07. The lowest BCUT2D eigenvalue weighted by atomic mass is 9.82. The lowest BCUT2D eigenvalue weighted by Crippen LogP contribution is -2.45. The van der Waals surface area contributed by atoms with Gasteiger partial charge in [-0.05, 0) is 43.2 Å². The second kappa shape index (κ2) is 7.46. The number of nitriles is 1. The molecule has 0 aliphatic heterocycles. The monoisotopic (exact) mass is 416 g/mol. The molecule has 2 unspecified atom stereocenters. The topological polar surface area (TPSA) is 108 Å². The van der Waals surface area contributed by atoms with Crippen LogP contribution in [0.2, 0.25) is 0 Å². The number of aromatic nitrogens is 2. The molecule has 1 heterocycles. The number of rotatable bonds is 6. The molecule has 0 fully saturated rings. The molecule has 9 heteroatoms. The van der Waals surface area contributed by atoms with E-state index < -0.39 is 27.5 Å². The first-order valence-electron chi connectivity index (χ1n) is 8.96. The maximum Gasteiger partial charge on any atom is 0.229 e. The molecular weight excluding hydrogens is 395 g/mol. The van der Waals surface area contributed by atoms with Crippen molar-refractivity contribution >= 4 is 26.6 Å². The van der Waals surface area contributed by atoms with Gasteiger partial charge in [0, 0.05) is 5.39 Å². The van der Waals surface area contributed by atoms with Gasteiger partial charge in [0.1, 0.15) is 11.4 Å². The second-order valence-electron chi connectivity index (χ2n) is 6.96. The number of aliphatic hydroxyl groups excluding tert-OH is 1. The van der Waals surface area contributed by atoms with Crippen LogP contribution in [0.3, 0.4) is 0 Å². The first-order chi connectivity index (χ1) is 13.6. The van der Waals surface area contributed by atoms with Crippen LogP contribution >= 0.6 is 0 Å². The van der Waals surface area contributed by atoms with Crippen molar-refractivity contribution in [3.63, 3.8) is 0 Å². The molecule has 0 aliphatic carbocycles. The Hall–Kier alpha value is -2.96. The summed E-state index contributed by atoms with van der Waals surface area (Å²) in [4.78, 5) is 0. The molecule has 0 spiro atoms. The van der Waals surface area contributed by atoms with Gasteiger partial charge in [0.2, 0.25) is 10.0 Å². The van der Waals surface area contributed by atoms with Crippen LogP contribution in [0.1, 0.15) is 31.4 Å². The average Bonchev–Trinajstić information content (AvgIpc) is 3.06. The number of halogens is 1. The van der Waals surface area contributed by atoms with E-state index in [1.54, 1.807) is 31.2 Å². The molecule has 0 saturated carbocycles. The largest absolute Gasteiger partial charge is 0.391 e. The van der Waals surface area contributed by atoms with Gasteiger partial charge in [-0.1, -0.05) is 19.1 Å². The van der Waals surface area contributed by atoms with Crippen molar-refractivity contribution in [1.82, 2.24) is 9.78 Å². The quantitative estimate of drug-likeness (QED) is 0.642. The van der Waals surface area contributed by atoms with E-state index in [1.165, 1.54) is 16.9 Å². The molecule has 3 aromatic rings. The molecular formula is C20H21FN4O3S. The Kier molecular flexibility index (Phi) is 5.34. The summed E-state index contributed by atoms with van der Waals surface area (Å²) in [5.74, 6) is -0.638. The Labute approximate surface area is 168 Å². The highest BCUT2D eigenvalue weighted by atomic mass is 32.2. The van der Waals surface area contributed by atoms with Crippen LogP contribution in [-0.2, 0) is 15.6 Å². The smallest absolute Gasteiger partial charge is 0.229 e. The van der Waals surface area contributed by atoms with Gasteiger partial charge in [-0.3, -0.25) is 9.40 Å². The molecule has 2 aromatic carbocycles. The van der Waals surface area contributed by atoms with Crippen LogP contribution in [0.5, 0.6) is 0 Å². The van der Waals surface area contributed by atoms with Crippen LogP contribution in [0, 0.1) is 17.1 Å². The summed E-state index contributed by atoms with van der Waals surface area (Å²) in [6.45, 7) is 3.48.